The van der Waals surface area contributed by atoms with Gasteiger partial charge in [-0.25, -0.2) is 0 Å². The van der Waals surface area contributed by atoms with E-state index in [9.17, 15) is 4.79 Å². The van der Waals surface area contributed by atoms with E-state index in [1.54, 1.807) is 6.92 Å². The first-order valence-electron chi connectivity index (χ1n) is 4.86. The third-order valence-corrected chi connectivity index (χ3v) is 3.75. The Balaban J connectivity index is 2.32. The summed E-state index contributed by atoms with van der Waals surface area (Å²) in [7, 11) is 0. The number of thioether (sulfide) groups is 1. The van der Waals surface area contributed by atoms with Gasteiger partial charge in [-0.2, -0.15) is 0 Å². The van der Waals surface area contributed by atoms with Gasteiger partial charge in [-0.15, -0.1) is 11.8 Å². The summed E-state index contributed by atoms with van der Waals surface area (Å²) in [6, 6.07) is 5.99. The second-order valence-corrected chi connectivity index (χ2v) is 5.15. The van der Waals surface area contributed by atoms with Crippen molar-refractivity contribution >= 4 is 29.3 Å². The Hall–Kier alpha value is -0.670. The highest BCUT2D eigenvalue weighted by atomic mass is 35.5. The zero-order valence-electron chi connectivity index (χ0n) is 8.42. The fourth-order valence-corrected chi connectivity index (χ4v) is 3.05. The van der Waals surface area contributed by atoms with Crippen LogP contribution in [0.25, 0.3) is 0 Å². The van der Waals surface area contributed by atoms with Gasteiger partial charge in [-0.1, -0.05) is 11.6 Å². The molecule has 0 aliphatic carbocycles. The van der Waals surface area contributed by atoms with Crippen LogP contribution in [0.5, 0.6) is 0 Å². The molecule has 1 aliphatic rings. The summed E-state index contributed by atoms with van der Waals surface area (Å²) in [5.41, 5.74) is 1.15. The molecule has 0 fully saturated rings. The Bertz CT molecular complexity index is 394. The highest BCUT2D eigenvalue weighted by Gasteiger charge is 2.21. The first-order valence-corrected chi connectivity index (χ1v) is 6.22. The third-order valence-electron chi connectivity index (χ3n) is 2.39. The molecule has 0 radical (unpaired) electrons. The number of fused-ring (bicyclic) bond motifs is 1. The zero-order chi connectivity index (χ0) is 10.8. The molecule has 0 bridgehead atoms. The fourth-order valence-electron chi connectivity index (χ4n) is 1.76. The molecule has 4 heteroatoms. The summed E-state index contributed by atoms with van der Waals surface area (Å²) >= 11 is 7.77. The molecule has 2 rings (SSSR count). The average molecular weight is 242 g/mol. The molecule has 0 aromatic heterocycles. The largest absolute Gasteiger partial charge is 0.349 e. The summed E-state index contributed by atoms with van der Waals surface area (Å²) in [5, 5.41) is 3.68. The maximum atomic E-state index is 11.1. The van der Waals surface area contributed by atoms with E-state index in [0.29, 0.717) is 0 Å². The van der Waals surface area contributed by atoms with Crippen LogP contribution in [0.4, 0.5) is 0 Å². The molecule has 1 N–H and O–H groups in total. The molecule has 0 saturated heterocycles. The van der Waals surface area contributed by atoms with Crippen LogP contribution in [-0.2, 0) is 4.79 Å². The van der Waals surface area contributed by atoms with Gasteiger partial charge in [0.2, 0.25) is 5.91 Å². The molecular formula is C11H12ClNOS. The number of hydrogen-bond donors (Lipinski definition) is 1. The number of hydrogen-bond acceptors (Lipinski definition) is 2. The SMILES string of the molecule is CC(=O)N[C@H]1CCSc2ccc(Cl)cc21. The second kappa shape index (κ2) is 4.45. The zero-order valence-corrected chi connectivity index (χ0v) is 9.99. The topological polar surface area (TPSA) is 29.1 Å². The Morgan fingerprint density at radius 3 is 3.13 bits per heavy atom. The Kier molecular flexibility index (Phi) is 3.22. The molecule has 1 atom stereocenters. The number of carbonyl (C=O) groups excluding carboxylic acids is 1. The monoisotopic (exact) mass is 241 g/mol. The minimum Gasteiger partial charge on any atom is -0.349 e. The van der Waals surface area contributed by atoms with Crippen molar-refractivity contribution in [2.75, 3.05) is 5.75 Å². The summed E-state index contributed by atoms with van der Waals surface area (Å²) in [5.74, 6) is 1.05. The van der Waals surface area contributed by atoms with Crippen molar-refractivity contribution in [3.8, 4) is 0 Å². The summed E-state index contributed by atoms with van der Waals surface area (Å²) in [6.45, 7) is 1.55. The van der Waals surface area contributed by atoms with Crippen molar-refractivity contribution < 1.29 is 4.79 Å². The first kappa shape index (κ1) is 10.8. The van der Waals surface area contributed by atoms with Gasteiger partial charge in [0.25, 0.3) is 0 Å². The maximum absolute atomic E-state index is 11.1. The average Bonchev–Trinajstić information content (AvgIpc) is 2.18. The van der Waals surface area contributed by atoms with Crippen molar-refractivity contribution in [1.29, 1.82) is 0 Å². The van der Waals surface area contributed by atoms with Gasteiger partial charge in [0.15, 0.2) is 0 Å². The van der Waals surface area contributed by atoms with Crippen LogP contribution >= 0.6 is 23.4 Å². The predicted octanol–water partition coefficient (Wildman–Crippen LogP) is 3.01. The molecule has 80 valence electrons. The van der Waals surface area contributed by atoms with E-state index in [4.69, 9.17) is 11.6 Å². The molecule has 2 nitrogen and oxygen atoms in total. The second-order valence-electron chi connectivity index (χ2n) is 3.57. The van der Waals surface area contributed by atoms with Crippen molar-refractivity contribution in [3.63, 3.8) is 0 Å². The molecule has 15 heavy (non-hydrogen) atoms. The molecule has 0 spiro atoms. The number of benzene rings is 1. The molecule has 0 unspecified atom stereocenters. The van der Waals surface area contributed by atoms with E-state index in [1.807, 2.05) is 30.0 Å². The fraction of sp³-hybridized carbons (Fsp3) is 0.364. The van der Waals surface area contributed by atoms with Gasteiger partial charge < -0.3 is 5.32 Å². The molecular weight excluding hydrogens is 230 g/mol. The summed E-state index contributed by atoms with van der Waals surface area (Å²) in [4.78, 5) is 12.3. The van der Waals surface area contributed by atoms with E-state index in [2.05, 4.69) is 5.32 Å². The molecule has 1 heterocycles. The quantitative estimate of drug-likeness (QED) is 0.819. The number of rotatable bonds is 1. The van der Waals surface area contributed by atoms with Crippen molar-refractivity contribution in [2.45, 2.75) is 24.3 Å². The van der Waals surface area contributed by atoms with Crippen LogP contribution in [0, 0.1) is 0 Å². The third kappa shape index (κ3) is 2.47. The van der Waals surface area contributed by atoms with Gasteiger partial charge in [0.1, 0.15) is 0 Å². The van der Waals surface area contributed by atoms with E-state index < -0.39 is 0 Å². The maximum Gasteiger partial charge on any atom is 0.217 e. The summed E-state index contributed by atoms with van der Waals surface area (Å²) in [6.07, 6.45) is 0.970. The smallest absolute Gasteiger partial charge is 0.217 e. The van der Waals surface area contributed by atoms with Crippen LogP contribution in [0.15, 0.2) is 23.1 Å². The van der Waals surface area contributed by atoms with Gasteiger partial charge in [0.05, 0.1) is 6.04 Å². The van der Waals surface area contributed by atoms with E-state index >= 15 is 0 Å². The van der Waals surface area contributed by atoms with Crippen molar-refractivity contribution in [1.82, 2.24) is 5.32 Å². The highest BCUT2D eigenvalue weighted by molar-refractivity contribution is 7.99. The normalized spacial score (nSPS) is 19.5. The predicted molar refractivity (Wildman–Crippen MR) is 63.4 cm³/mol. The lowest BCUT2D eigenvalue weighted by atomic mass is 10.0. The van der Waals surface area contributed by atoms with Crippen molar-refractivity contribution in [2.24, 2.45) is 0 Å². The molecule has 1 aromatic carbocycles. The van der Waals surface area contributed by atoms with Crippen LogP contribution in [0.2, 0.25) is 5.02 Å². The van der Waals surface area contributed by atoms with E-state index in [0.717, 1.165) is 22.8 Å². The van der Waals surface area contributed by atoms with Gasteiger partial charge in [-0.05, 0) is 30.2 Å². The van der Waals surface area contributed by atoms with Crippen LogP contribution in [-0.4, -0.2) is 11.7 Å². The molecule has 1 aromatic rings. The van der Waals surface area contributed by atoms with Crippen molar-refractivity contribution in [3.05, 3.63) is 28.8 Å². The molecule has 0 saturated carbocycles. The standard InChI is InChI=1S/C11H12ClNOS/c1-7(14)13-10-4-5-15-11-3-2-8(12)6-9(10)11/h2-3,6,10H,4-5H2,1H3,(H,13,14)/t10-/m0/s1. The Labute approximate surface area is 98.4 Å². The lowest BCUT2D eigenvalue weighted by Crippen LogP contribution is -2.28. The van der Waals surface area contributed by atoms with E-state index in [-0.39, 0.29) is 11.9 Å². The Morgan fingerprint density at radius 2 is 2.40 bits per heavy atom. The summed E-state index contributed by atoms with van der Waals surface area (Å²) < 4.78 is 0. The van der Waals surface area contributed by atoms with Gasteiger partial charge in [0, 0.05) is 22.6 Å². The first-order chi connectivity index (χ1) is 7.16. The lowest BCUT2D eigenvalue weighted by Gasteiger charge is -2.25. The minimum atomic E-state index is 0.0119. The number of halogens is 1. The number of amides is 1. The van der Waals surface area contributed by atoms with Crippen LogP contribution in [0.1, 0.15) is 24.9 Å². The van der Waals surface area contributed by atoms with Crippen LogP contribution < -0.4 is 5.32 Å². The molecule has 1 amide bonds. The van der Waals surface area contributed by atoms with Gasteiger partial charge >= 0.3 is 0 Å². The number of nitrogens with one attached hydrogen (secondary N) is 1. The number of carbonyl (C=O) groups is 1. The lowest BCUT2D eigenvalue weighted by molar-refractivity contribution is -0.119. The minimum absolute atomic E-state index is 0.0119. The molecule has 1 aliphatic heterocycles. The van der Waals surface area contributed by atoms with Gasteiger partial charge in [-0.3, -0.25) is 4.79 Å². The van der Waals surface area contributed by atoms with Crippen LogP contribution in [0.3, 0.4) is 0 Å². The Morgan fingerprint density at radius 1 is 1.60 bits per heavy atom. The highest BCUT2D eigenvalue weighted by Crippen LogP contribution is 2.37. The van der Waals surface area contributed by atoms with E-state index in [1.165, 1.54) is 4.90 Å².